The summed E-state index contributed by atoms with van der Waals surface area (Å²) in [6.07, 6.45) is 11.0. The van der Waals surface area contributed by atoms with Gasteiger partial charge in [0.2, 0.25) is 0 Å². The largest absolute Gasteiger partial charge is 0.330 e. The topological polar surface area (TPSA) is 38.9 Å². The average Bonchev–Trinajstić information content (AvgIpc) is 2.84. The minimum atomic E-state index is 0.478. The summed E-state index contributed by atoms with van der Waals surface area (Å²) >= 11 is 1.87. The predicted molar refractivity (Wildman–Crippen MR) is 79.3 cm³/mol. The van der Waals surface area contributed by atoms with Crippen molar-refractivity contribution in [3.63, 3.8) is 0 Å². The van der Waals surface area contributed by atoms with Crippen LogP contribution in [0.15, 0.2) is 5.38 Å². The van der Waals surface area contributed by atoms with Gasteiger partial charge >= 0.3 is 0 Å². The lowest BCUT2D eigenvalue weighted by Crippen LogP contribution is -2.48. The minimum Gasteiger partial charge on any atom is -0.330 e. The maximum atomic E-state index is 5.61. The Balaban J connectivity index is 1.59. The van der Waals surface area contributed by atoms with Crippen molar-refractivity contribution in [2.24, 2.45) is 23.5 Å². The Hall–Kier alpha value is -0.410. The Morgan fingerprint density at radius 2 is 1.79 bits per heavy atom. The van der Waals surface area contributed by atoms with Crippen LogP contribution in [0.1, 0.15) is 55.6 Å². The van der Waals surface area contributed by atoms with Crippen molar-refractivity contribution in [2.45, 2.75) is 56.8 Å². The SMILES string of the molecule is NCCCc1nc(C23CC4CC(CC(C4)C2)C3)cs1. The number of aromatic nitrogens is 1. The van der Waals surface area contributed by atoms with Crippen LogP contribution in [0.2, 0.25) is 0 Å². The molecule has 1 heterocycles. The molecule has 104 valence electrons. The molecule has 1 aromatic heterocycles. The van der Waals surface area contributed by atoms with E-state index in [0.29, 0.717) is 5.41 Å². The van der Waals surface area contributed by atoms with Crippen molar-refractivity contribution in [1.29, 1.82) is 0 Å². The minimum absolute atomic E-state index is 0.478. The molecular weight excluding hydrogens is 252 g/mol. The molecule has 1 aromatic rings. The van der Waals surface area contributed by atoms with Gasteiger partial charge in [-0.3, -0.25) is 0 Å². The number of hydrogen-bond acceptors (Lipinski definition) is 3. The van der Waals surface area contributed by atoms with Gasteiger partial charge in [0.25, 0.3) is 0 Å². The Morgan fingerprint density at radius 3 is 2.37 bits per heavy atom. The van der Waals surface area contributed by atoms with E-state index in [0.717, 1.165) is 37.1 Å². The quantitative estimate of drug-likeness (QED) is 0.914. The molecule has 0 spiro atoms. The third-order valence-electron chi connectivity index (χ3n) is 5.73. The van der Waals surface area contributed by atoms with Gasteiger partial charge in [-0.05, 0) is 69.2 Å². The second-order valence-electron chi connectivity index (χ2n) is 7.22. The van der Waals surface area contributed by atoms with Gasteiger partial charge in [-0.25, -0.2) is 4.98 Å². The first-order chi connectivity index (χ1) is 9.27. The van der Waals surface area contributed by atoms with Gasteiger partial charge in [0.05, 0.1) is 10.7 Å². The van der Waals surface area contributed by atoms with Crippen LogP contribution in [0.25, 0.3) is 0 Å². The standard InChI is InChI=1S/C16H24N2S/c17-3-1-2-15-18-14(10-19-15)16-7-11-4-12(8-16)6-13(5-11)9-16/h10-13H,1-9,17H2. The van der Waals surface area contributed by atoms with Gasteiger partial charge in [-0.2, -0.15) is 0 Å². The highest BCUT2D eigenvalue weighted by atomic mass is 32.1. The fraction of sp³-hybridized carbons (Fsp3) is 0.812. The highest BCUT2D eigenvalue weighted by molar-refractivity contribution is 7.09. The van der Waals surface area contributed by atoms with Crippen LogP contribution in [-0.4, -0.2) is 11.5 Å². The third kappa shape index (κ3) is 2.06. The molecule has 0 radical (unpaired) electrons. The second-order valence-corrected chi connectivity index (χ2v) is 8.16. The summed E-state index contributed by atoms with van der Waals surface area (Å²) in [6.45, 7) is 0.784. The van der Waals surface area contributed by atoms with Crippen molar-refractivity contribution in [3.05, 3.63) is 16.1 Å². The lowest BCUT2D eigenvalue weighted by atomic mass is 9.49. The number of thiazole rings is 1. The second kappa shape index (κ2) is 4.56. The highest BCUT2D eigenvalue weighted by Crippen LogP contribution is 2.60. The van der Waals surface area contributed by atoms with Crippen molar-refractivity contribution in [1.82, 2.24) is 4.98 Å². The van der Waals surface area contributed by atoms with Crippen LogP contribution >= 0.6 is 11.3 Å². The maximum Gasteiger partial charge on any atom is 0.0928 e. The molecule has 2 N–H and O–H groups in total. The molecule has 19 heavy (non-hydrogen) atoms. The van der Waals surface area contributed by atoms with Gasteiger partial charge < -0.3 is 5.73 Å². The average molecular weight is 276 g/mol. The Labute approximate surface area is 119 Å². The molecule has 5 rings (SSSR count). The molecule has 0 amide bonds. The van der Waals surface area contributed by atoms with Gasteiger partial charge in [-0.15, -0.1) is 11.3 Å². The molecule has 4 fully saturated rings. The summed E-state index contributed by atoms with van der Waals surface area (Å²) in [4.78, 5) is 5.00. The predicted octanol–water partition coefficient (Wildman–Crippen LogP) is 3.50. The van der Waals surface area contributed by atoms with Crippen LogP contribution in [0.3, 0.4) is 0 Å². The number of nitrogens with two attached hydrogens (primary N) is 1. The van der Waals surface area contributed by atoms with Crippen molar-refractivity contribution in [3.8, 4) is 0 Å². The Morgan fingerprint density at radius 1 is 1.16 bits per heavy atom. The van der Waals surface area contributed by atoms with E-state index in [1.54, 1.807) is 0 Å². The summed E-state index contributed by atoms with van der Waals surface area (Å²) < 4.78 is 0. The first-order valence-corrected chi connectivity index (χ1v) is 8.80. The van der Waals surface area contributed by atoms with E-state index in [-0.39, 0.29) is 0 Å². The Bertz CT molecular complexity index is 430. The summed E-state index contributed by atoms with van der Waals surface area (Å²) in [5, 5.41) is 3.69. The smallest absolute Gasteiger partial charge is 0.0928 e. The molecule has 0 saturated heterocycles. The molecule has 0 aromatic carbocycles. The van der Waals surface area contributed by atoms with E-state index in [1.165, 1.54) is 49.2 Å². The van der Waals surface area contributed by atoms with Crippen LogP contribution in [-0.2, 0) is 11.8 Å². The number of nitrogens with zero attached hydrogens (tertiary/aromatic N) is 1. The molecule has 4 aliphatic carbocycles. The van der Waals surface area contributed by atoms with E-state index in [9.17, 15) is 0 Å². The number of aryl methyl sites for hydroxylation is 1. The lowest BCUT2D eigenvalue weighted by Gasteiger charge is -2.56. The molecule has 0 unspecified atom stereocenters. The first kappa shape index (κ1) is 12.3. The number of hydrogen-bond donors (Lipinski definition) is 1. The maximum absolute atomic E-state index is 5.61. The Kier molecular flexibility index (Phi) is 2.96. The molecule has 4 bridgehead atoms. The van der Waals surface area contributed by atoms with Gasteiger partial charge in [0.15, 0.2) is 0 Å². The van der Waals surface area contributed by atoms with Crippen LogP contribution in [0, 0.1) is 17.8 Å². The molecule has 4 saturated carbocycles. The summed E-state index contributed by atoms with van der Waals surface area (Å²) in [5.41, 5.74) is 7.53. The fourth-order valence-corrected chi connectivity index (χ4v) is 6.31. The van der Waals surface area contributed by atoms with Crippen molar-refractivity contribution in [2.75, 3.05) is 6.54 Å². The van der Waals surface area contributed by atoms with E-state index in [2.05, 4.69) is 5.38 Å². The molecule has 3 heteroatoms. The van der Waals surface area contributed by atoms with Gasteiger partial charge in [0.1, 0.15) is 0 Å². The van der Waals surface area contributed by atoms with Crippen LogP contribution in [0.5, 0.6) is 0 Å². The van der Waals surface area contributed by atoms with Gasteiger partial charge in [0, 0.05) is 17.2 Å². The summed E-state index contributed by atoms with van der Waals surface area (Å²) in [5.74, 6) is 3.04. The van der Waals surface area contributed by atoms with Crippen LogP contribution in [0.4, 0.5) is 0 Å². The van der Waals surface area contributed by atoms with E-state index in [4.69, 9.17) is 10.7 Å². The molecule has 4 aliphatic rings. The normalized spacial score (nSPS) is 39.9. The third-order valence-corrected chi connectivity index (χ3v) is 6.64. The molecule has 0 atom stereocenters. The van der Waals surface area contributed by atoms with Crippen LogP contribution < -0.4 is 5.73 Å². The molecule has 2 nitrogen and oxygen atoms in total. The summed E-state index contributed by atoms with van der Waals surface area (Å²) in [6, 6.07) is 0. The van der Waals surface area contributed by atoms with E-state index in [1.807, 2.05) is 11.3 Å². The monoisotopic (exact) mass is 276 g/mol. The van der Waals surface area contributed by atoms with Gasteiger partial charge in [-0.1, -0.05) is 0 Å². The zero-order valence-electron chi connectivity index (χ0n) is 11.6. The number of rotatable bonds is 4. The highest BCUT2D eigenvalue weighted by Gasteiger charge is 2.52. The van der Waals surface area contributed by atoms with Crippen molar-refractivity contribution >= 4 is 11.3 Å². The molecule has 0 aliphatic heterocycles. The zero-order chi connectivity index (χ0) is 12.9. The lowest BCUT2D eigenvalue weighted by molar-refractivity contribution is -0.00698. The van der Waals surface area contributed by atoms with Crippen molar-refractivity contribution < 1.29 is 0 Å². The summed E-state index contributed by atoms with van der Waals surface area (Å²) in [7, 11) is 0. The van der Waals surface area contributed by atoms with E-state index < -0.39 is 0 Å². The first-order valence-electron chi connectivity index (χ1n) is 7.92. The van der Waals surface area contributed by atoms with E-state index >= 15 is 0 Å². The molecular formula is C16H24N2S. The zero-order valence-corrected chi connectivity index (χ0v) is 12.4. The fourth-order valence-electron chi connectivity index (χ4n) is 5.35.